The van der Waals surface area contributed by atoms with Crippen molar-refractivity contribution in [3.05, 3.63) is 65.4 Å². The van der Waals surface area contributed by atoms with Crippen LogP contribution in [0.25, 0.3) is 16.8 Å². The van der Waals surface area contributed by atoms with Crippen molar-refractivity contribution in [1.82, 2.24) is 30.1 Å². The zero-order valence-corrected chi connectivity index (χ0v) is 23.0. The van der Waals surface area contributed by atoms with E-state index in [2.05, 4.69) is 25.5 Å². The fraction of sp³-hybridized carbons (Fsp3) is 0.464. The molecule has 0 spiro atoms. The van der Waals surface area contributed by atoms with Crippen molar-refractivity contribution in [3.8, 4) is 11.3 Å². The lowest BCUT2D eigenvalue weighted by molar-refractivity contribution is -0.0821. The number of aryl methyl sites for hydroxylation is 1. The van der Waals surface area contributed by atoms with Crippen LogP contribution in [0.1, 0.15) is 74.6 Å². The van der Waals surface area contributed by atoms with Crippen LogP contribution >= 0.6 is 0 Å². The summed E-state index contributed by atoms with van der Waals surface area (Å²) in [5.41, 5.74) is 1.99. The van der Waals surface area contributed by atoms with E-state index in [9.17, 15) is 13.6 Å². The van der Waals surface area contributed by atoms with Gasteiger partial charge >= 0.3 is 0 Å². The van der Waals surface area contributed by atoms with Crippen LogP contribution in [-0.4, -0.2) is 49.8 Å². The number of amides is 1. The quantitative estimate of drug-likeness (QED) is 0.228. The Labute approximate surface area is 230 Å². The maximum Gasteiger partial charge on any atom is 0.292 e. The van der Waals surface area contributed by atoms with Crippen molar-refractivity contribution in [3.63, 3.8) is 0 Å². The summed E-state index contributed by atoms with van der Waals surface area (Å²) in [6.07, 6.45) is 4.38. The van der Waals surface area contributed by atoms with E-state index in [1.165, 1.54) is 16.9 Å². The van der Waals surface area contributed by atoms with Crippen molar-refractivity contribution in [1.29, 1.82) is 0 Å². The molecule has 0 atom stereocenters. The average Bonchev–Trinajstić information content (AvgIpc) is 3.57. The van der Waals surface area contributed by atoms with Gasteiger partial charge in [-0.1, -0.05) is 51.4 Å². The SMILES string of the molecule is CCCCOCC(F)(F)CCc1cc2c(-c3ccc(CNC(=O)c4noc(C(C)(C)C)n4)c(F)c3)ncnn2c1. The fourth-order valence-corrected chi connectivity index (χ4v) is 3.92. The van der Waals surface area contributed by atoms with Crippen LogP contribution in [0.5, 0.6) is 0 Å². The molecule has 3 heterocycles. The first-order chi connectivity index (χ1) is 19.0. The van der Waals surface area contributed by atoms with Crippen molar-refractivity contribution in [2.45, 2.75) is 71.3 Å². The number of ether oxygens (including phenoxy) is 1. The van der Waals surface area contributed by atoms with Gasteiger partial charge in [0, 0.05) is 42.3 Å². The van der Waals surface area contributed by atoms with Crippen LogP contribution in [0.15, 0.2) is 41.3 Å². The highest BCUT2D eigenvalue weighted by Gasteiger charge is 2.29. The maximum absolute atomic E-state index is 15.0. The largest absolute Gasteiger partial charge is 0.375 e. The molecule has 0 aliphatic rings. The van der Waals surface area contributed by atoms with Gasteiger partial charge < -0.3 is 14.6 Å². The maximum atomic E-state index is 15.0. The van der Waals surface area contributed by atoms with Gasteiger partial charge in [-0.2, -0.15) is 10.1 Å². The van der Waals surface area contributed by atoms with Gasteiger partial charge in [-0.3, -0.25) is 4.79 Å². The Morgan fingerprint density at radius 2 is 2.00 bits per heavy atom. The van der Waals surface area contributed by atoms with Gasteiger partial charge in [0.25, 0.3) is 17.7 Å². The Morgan fingerprint density at radius 3 is 2.70 bits per heavy atom. The highest BCUT2D eigenvalue weighted by Crippen LogP contribution is 2.27. The van der Waals surface area contributed by atoms with Gasteiger partial charge in [-0.15, -0.1) is 0 Å². The zero-order chi connectivity index (χ0) is 28.9. The number of halogens is 3. The molecule has 12 heteroatoms. The zero-order valence-electron chi connectivity index (χ0n) is 23.0. The number of rotatable bonds is 12. The number of hydrogen-bond acceptors (Lipinski definition) is 7. The molecule has 0 saturated heterocycles. The van der Waals surface area contributed by atoms with Crippen LogP contribution in [0.4, 0.5) is 13.2 Å². The Bertz CT molecular complexity index is 1460. The Hall–Kier alpha value is -3.80. The van der Waals surface area contributed by atoms with E-state index in [4.69, 9.17) is 9.26 Å². The molecule has 4 aromatic rings. The molecule has 0 aliphatic carbocycles. The third-order valence-corrected chi connectivity index (χ3v) is 6.23. The first-order valence-corrected chi connectivity index (χ1v) is 13.2. The summed E-state index contributed by atoms with van der Waals surface area (Å²) >= 11 is 0. The van der Waals surface area contributed by atoms with Crippen LogP contribution in [0.2, 0.25) is 0 Å². The molecule has 0 saturated carbocycles. The van der Waals surface area contributed by atoms with Gasteiger partial charge in [0.2, 0.25) is 5.89 Å². The third-order valence-electron chi connectivity index (χ3n) is 6.23. The molecule has 0 fully saturated rings. The Kier molecular flexibility index (Phi) is 8.87. The second kappa shape index (κ2) is 12.2. The van der Waals surface area contributed by atoms with E-state index in [0.717, 1.165) is 12.8 Å². The predicted octanol–water partition coefficient (Wildman–Crippen LogP) is 5.53. The van der Waals surface area contributed by atoms with Crippen LogP contribution in [0, 0.1) is 5.82 Å². The van der Waals surface area contributed by atoms with E-state index in [-0.39, 0.29) is 30.8 Å². The Balaban J connectivity index is 1.42. The molecule has 1 amide bonds. The van der Waals surface area contributed by atoms with E-state index < -0.39 is 29.7 Å². The molecule has 0 aliphatic heterocycles. The molecule has 9 nitrogen and oxygen atoms in total. The summed E-state index contributed by atoms with van der Waals surface area (Å²) in [7, 11) is 0. The minimum absolute atomic E-state index is 0.0881. The first kappa shape index (κ1) is 29.2. The summed E-state index contributed by atoms with van der Waals surface area (Å²) in [4.78, 5) is 20.8. The van der Waals surface area contributed by atoms with E-state index in [0.29, 0.717) is 34.8 Å². The van der Waals surface area contributed by atoms with Crippen molar-refractivity contribution >= 4 is 11.4 Å². The second-order valence-electron chi connectivity index (χ2n) is 10.7. The van der Waals surface area contributed by atoms with Gasteiger partial charge in [0.1, 0.15) is 18.8 Å². The number of alkyl halides is 2. The lowest BCUT2D eigenvalue weighted by Gasteiger charge is -2.15. The number of carbonyl (C=O) groups excluding carboxylic acids is 1. The number of benzene rings is 1. The number of unbranched alkanes of at least 4 members (excludes halogenated alkanes) is 1. The molecule has 1 aromatic carbocycles. The molecular weight excluding hydrogens is 525 g/mol. The molecule has 0 radical (unpaired) electrons. The van der Waals surface area contributed by atoms with Gasteiger partial charge in [-0.25, -0.2) is 22.7 Å². The van der Waals surface area contributed by atoms with E-state index in [1.807, 2.05) is 27.7 Å². The lowest BCUT2D eigenvalue weighted by atomic mass is 9.97. The van der Waals surface area contributed by atoms with Crippen LogP contribution in [-0.2, 0) is 23.1 Å². The number of carbonyl (C=O) groups is 1. The molecule has 0 bridgehead atoms. The number of hydrogen-bond donors (Lipinski definition) is 1. The van der Waals surface area contributed by atoms with Crippen molar-refractivity contribution in [2.24, 2.45) is 0 Å². The van der Waals surface area contributed by atoms with Crippen molar-refractivity contribution < 1.29 is 27.2 Å². The summed E-state index contributed by atoms with van der Waals surface area (Å²) in [5, 5.41) is 10.5. The number of fused-ring (bicyclic) bond motifs is 1. The smallest absolute Gasteiger partial charge is 0.292 e. The summed E-state index contributed by atoms with van der Waals surface area (Å²) < 4.78 is 55.3. The average molecular weight is 559 g/mol. The fourth-order valence-electron chi connectivity index (χ4n) is 3.92. The topological polar surface area (TPSA) is 107 Å². The van der Waals surface area contributed by atoms with Gasteiger partial charge in [-0.05, 0) is 30.5 Å². The monoisotopic (exact) mass is 558 g/mol. The third kappa shape index (κ3) is 7.23. The number of nitrogens with zero attached hydrogens (tertiary/aromatic N) is 5. The Morgan fingerprint density at radius 1 is 1.20 bits per heavy atom. The normalized spacial score (nSPS) is 12.3. The highest BCUT2D eigenvalue weighted by molar-refractivity contribution is 5.90. The predicted molar refractivity (Wildman–Crippen MR) is 142 cm³/mol. The molecule has 40 heavy (non-hydrogen) atoms. The molecule has 0 unspecified atom stereocenters. The molecule has 214 valence electrons. The summed E-state index contributed by atoms with van der Waals surface area (Å²) in [5.74, 6) is -3.88. The summed E-state index contributed by atoms with van der Waals surface area (Å²) in [6, 6.07) is 6.26. The lowest BCUT2D eigenvalue weighted by Crippen LogP contribution is -2.24. The minimum atomic E-state index is -2.94. The van der Waals surface area contributed by atoms with Gasteiger partial charge in [0.05, 0.1) is 11.2 Å². The minimum Gasteiger partial charge on any atom is -0.375 e. The van der Waals surface area contributed by atoms with Crippen LogP contribution < -0.4 is 5.32 Å². The number of aromatic nitrogens is 5. The second-order valence-corrected chi connectivity index (χ2v) is 10.7. The first-order valence-electron chi connectivity index (χ1n) is 13.2. The number of nitrogens with one attached hydrogen (secondary N) is 1. The molecule has 1 N–H and O–H groups in total. The molecule has 4 rings (SSSR count). The molecular formula is C28H33F3N6O3. The van der Waals surface area contributed by atoms with Crippen molar-refractivity contribution in [2.75, 3.05) is 13.2 Å². The molecule has 3 aromatic heterocycles. The standard InChI is InChI=1S/C28H33F3N6O3/c1-5-6-11-39-16-28(30,31)10-9-18-12-22-23(33-17-34-37(22)15-18)19-7-8-20(21(29)13-19)14-32-25(38)24-35-26(40-36-24)27(2,3)4/h7-8,12-13,15,17H,5-6,9-11,14,16H2,1-4H3,(H,32,38). The van der Waals surface area contributed by atoms with Gasteiger partial charge in [0.15, 0.2) is 0 Å². The van der Waals surface area contributed by atoms with E-state index in [1.54, 1.807) is 24.4 Å². The van der Waals surface area contributed by atoms with Crippen LogP contribution in [0.3, 0.4) is 0 Å². The summed E-state index contributed by atoms with van der Waals surface area (Å²) in [6.45, 7) is 7.23. The van der Waals surface area contributed by atoms with E-state index >= 15 is 4.39 Å². The highest BCUT2D eigenvalue weighted by atomic mass is 19.3.